The SMILES string of the molecule is CCCCCCCCn1c(SCC(=O)NC2CC2)nnc1-c1ccc(Cl)cc1. The minimum Gasteiger partial charge on any atom is -0.353 e. The van der Waals surface area contributed by atoms with Crippen LogP contribution < -0.4 is 5.32 Å². The van der Waals surface area contributed by atoms with Crippen molar-refractivity contribution in [1.29, 1.82) is 0 Å². The van der Waals surface area contributed by atoms with Gasteiger partial charge < -0.3 is 9.88 Å². The van der Waals surface area contributed by atoms with Gasteiger partial charge in [-0.3, -0.25) is 4.79 Å². The maximum atomic E-state index is 12.0. The van der Waals surface area contributed by atoms with Gasteiger partial charge in [-0.1, -0.05) is 62.4 Å². The minimum absolute atomic E-state index is 0.0784. The molecule has 1 N–H and O–H groups in total. The summed E-state index contributed by atoms with van der Waals surface area (Å²) in [5, 5.41) is 13.3. The molecule has 1 aromatic heterocycles. The van der Waals surface area contributed by atoms with Gasteiger partial charge >= 0.3 is 0 Å². The molecule has 2 aromatic rings. The minimum atomic E-state index is 0.0784. The van der Waals surface area contributed by atoms with E-state index in [1.54, 1.807) is 0 Å². The summed E-state index contributed by atoms with van der Waals surface area (Å²) >= 11 is 7.49. The lowest BCUT2D eigenvalue weighted by atomic mass is 10.1. The van der Waals surface area contributed by atoms with Crippen LogP contribution in [0.15, 0.2) is 29.4 Å². The Morgan fingerprint density at radius 3 is 2.57 bits per heavy atom. The van der Waals surface area contributed by atoms with Crippen LogP contribution in [-0.2, 0) is 11.3 Å². The molecule has 3 rings (SSSR count). The molecule has 0 bridgehead atoms. The molecule has 0 unspecified atom stereocenters. The summed E-state index contributed by atoms with van der Waals surface area (Å²) in [6, 6.07) is 8.07. The number of unbranched alkanes of at least 4 members (excludes halogenated alkanes) is 5. The number of nitrogens with one attached hydrogen (secondary N) is 1. The summed E-state index contributed by atoms with van der Waals surface area (Å²) in [7, 11) is 0. The lowest BCUT2D eigenvalue weighted by Crippen LogP contribution is -2.27. The zero-order valence-electron chi connectivity index (χ0n) is 16.5. The number of carbonyl (C=O) groups excluding carboxylic acids is 1. The summed E-state index contributed by atoms with van der Waals surface area (Å²) in [5.41, 5.74) is 0.997. The highest BCUT2D eigenvalue weighted by Gasteiger charge is 2.23. The highest BCUT2D eigenvalue weighted by Crippen LogP contribution is 2.26. The predicted molar refractivity (Wildman–Crippen MR) is 116 cm³/mol. The lowest BCUT2D eigenvalue weighted by molar-refractivity contribution is -0.118. The molecule has 28 heavy (non-hydrogen) atoms. The molecule has 1 fully saturated rings. The van der Waals surface area contributed by atoms with Crippen LogP contribution in [0.25, 0.3) is 11.4 Å². The smallest absolute Gasteiger partial charge is 0.230 e. The first-order chi connectivity index (χ1) is 13.7. The Morgan fingerprint density at radius 1 is 1.14 bits per heavy atom. The normalized spacial score (nSPS) is 13.6. The Morgan fingerprint density at radius 2 is 1.86 bits per heavy atom. The molecular formula is C21H29ClN4OS. The van der Waals surface area contributed by atoms with E-state index in [1.807, 2.05) is 24.3 Å². The first-order valence-corrected chi connectivity index (χ1v) is 11.6. The number of rotatable bonds is 12. The van der Waals surface area contributed by atoms with Crippen molar-refractivity contribution in [2.75, 3.05) is 5.75 Å². The molecular weight excluding hydrogens is 392 g/mol. The van der Waals surface area contributed by atoms with Crippen LogP contribution in [0, 0.1) is 0 Å². The second kappa shape index (κ2) is 10.9. The van der Waals surface area contributed by atoms with Crippen molar-refractivity contribution in [1.82, 2.24) is 20.1 Å². The zero-order chi connectivity index (χ0) is 19.8. The van der Waals surface area contributed by atoms with Gasteiger partial charge in [-0.05, 0) is 43.5 Å². The number of nitrogens with zero attached hydrogens (tertiary/aromatic N) is 3. The molecule has 0 saturated heterocycles. The first kappa shape index (κ1) is 21.2. The molecule has 1 aliphatic rings. The number of carbonyl (C=O) groups is 1. The van der Waals surface area contributed by atoms with Crippen LogP contribution in [0.5, 0.6) is 0 Å². The number of benzene rings is 1. The second-order valence-electron chi connectivity index (χ2n) is 7.36. The van der Waals surface area contributed by atoms with Crippen molar-refractivity contribution < 1.29 is 4.79 Å². The predicted octanol–water partition coefficient (Wildman–Crippen LogP) is 5.33. The molecule has 0 aliphatic heterocycles. The fraction of sp³-hybridized carbons (Fsp3) is 0.571. The number of hydrogen-bond donors (Lipinski definition) is 1. The van der Waals surface area contributed by atoms with Crippen LogP contribution in [-0.4, -0.2) is 32.5 Å². The number of amides is 1. The van der Waals surface area contributed by atoms with Gasteiger partial charge in [-0.15, -0.1) is 10.2 Å². The molecule has 1 aromatic carbocycles. The number of hydrogen-bond acceptors (Lipinski definition) is 4. The monoisotopic (exact) mass is 420 g/mol. The van der Waals surface area contributed by atoms with Gasteiger partial charge in [0.25, 0.3) is 0 Å². The molecule has 1 saturated carbocycles. The topological polar surface area (TPSA) is 59.8 Å². The molecule has 0 radical (unpaired) electrons. The molecule has 0 spiro atoms. The second-order valence-corrected chi connectivity index (χ2v) is 8.74. The molecule has 1 heterocycles. The van der Waals surface area contributed by atoms with E-state index < -0.39 is 0 Å². The van der Waals surface area contributed by atoms with Crippen molar-refractivity contribution in [3.05, 3.63) is 29.3 Å². The molecule has 152 valence electrons. The standard InChI is InChI=1S/C21H29ClN4OS/c1-2-3-4-5-6-7-14-26-20(16-8-10-17(22)11-9-16)24-25-21(26)28-15-19(27)23-18-12-13-18/h8-11,18H,2-7,12-15H2,1H3,(H,23,27). The third-order valence-electron chi connectivity index (χ3n) is 4.83. The maximum absolute atomic E-state index is 12.0. The summed E-state index contributed by atoms with van der Waals surface area (Å²) in [5.74, 6) is 1.30. The highest BCUT2D eigenvalue weighted by molar-refractivity contribution is 7.99. The largest absolute Gasteiger partial charge is 0.353 e. The first-order valence-electron chi connectivity index (χ1n) is 10.3. The Labute approximate surface area is 176 Å². The van der Waals surface area contributed by atoms with E-state index in [-0.39, 0.29) is 5.91 Å². The van der Waals surface area contributed by atoms with Crippen LogP contribution in [0.2, 0.25) is 5.02 Å². The van der Waals surface area contributed by atoms with E-state index in [1.165, 1.54) is 43.9 Å². The van der Waals surface area contributed by atoms with E-state index >= 15 is 0 Å². The number of aromatic nitrogens is 3. The quantitative estimate of drug-likeness (QED) is 0.372. The van der Waals surface area contributed by atoms with Crippen molar-refractivity contribution in [3.8, 4) is 11.4 Å². The van der Waals surface area contributed by atoms with E-state index in [0.29, 0.717) is 16.8 Å². The Bertz CT molecular complexity index is 758. The molecule has 7 heteroatoms. The van der Waals surface area contributed by atoms with Gasteiger partial charge in [0.15, 0.2) is 11.0 Å². The summed E-state index contributed by atoms with van der Waals surface area (Å²) in [6.07, 6.45) is 9.62. The van der Waals surface area contributed by atoms with E-state index in [0.717, 1.165) is 42.4 Å². The number of thioether (sulfide) groups is 1. The van der Waals surface area contributed by atoms with Crippen LogP contribution in [0.3, 0.4) is 0 Å². The maximum Gasteiger partial charge on any atom is 0.230 e. The fourth-order valence-electron chi connectivity index (χ4n) is 3.09. The Balaban J connectivity index is 1.65. The van der Waals surface area contributed by atoms with Crippen molar-refractivity contribution in [2.45, 2.75) is 76.0 Å². The summed E-state index contributed by atoms with van der Waals surface area (Å²) in [4.78, 5) is 12.0. The third kappa shape index (κ3) is 6.52. The van der Waals surface area contributed by atoms with Crippen molar-refractivity contribution >= 4 is 29.3 Å². The molecule has 1 amide bonds. The van der Waals surface area contributed by atoms with E-state index in [4.69, 9.17) is 11.6 Å². The van der Waals surface area contributed by atoms with Gasteiger partial charge in [0.2, 0.25) is 5.91 Å². The van der Waals surface area contributed by atoms with Crippen LogP contribution >= 0.6 is 23.4 Å². The van der Waals surface area contributed by atoms with E-state index in [9.17, 15) is 4.79 Å². The third-order valence-corrected chi connectivity index (χ3v) is 6.05. The zero-order valence-corrected chi connectivity index (χ0v) is 18.1. The van der Waals surface area contributed by atoms with Crippen LogP contribution in [0.4, 0.5) is 0 Å². The van der Waals surface area contributed by atoms with Crippen molar-refractivity contribution in [3.63, 3.8) is 0 Å². The van der Waals surface area contributed by atoms with Gasteiger partial charge in [0.05, 0.1) is 5.75 Å². The average Bonchev–Trinajstić information content (AvgIpc) is 3.41. The Hall–Kier alpha value is -1.53. The summed E-state index contributed by atoms with van der Waals surface area (Å²) in [6.45, 7) is 3.10. The van der Waals surface area contributed by atoms with Gasteiger partial charge in [0, 0.05) is 23.2 Å². The van der Waals surface area contributed by atoms with E-state index in [2.05, 4.69) is 27.0 Å². The van der Waals surface area contributed by atoms with Crippen LogP contribution in [0.1, 0.15) is 58.3 Å². The van der Waals surface area contributed by atoms with Gasteiger partial charge in [-0.2, -0.15) is 0 Å². The fourth-order valence-corrected chi connectivity index (χ4v) is 3.99. The summed E-state index contributed by atoms with van der Waals surface area (Å²) < 4.78 is 2.15. The highest BCUT2D eigenvalue weighted by atomic mass is 35.5. The molecule has 1 aliphatic carbocycles. The molecule has 5 nitrogen and oxygen atoms in total. The number of halogens is 1. The van der Waals surface area contributed by atoms with Gasteiger partial charge in [-0.25, -0.2) is 0 Å². The van der Waals surface area contributed by atoms with Crippen molar-refractivity contribution in [2.24, 2.45) is 0 Å². The average molecular weight is 421 g/mol. The van der Waals surface area contributed by atoms with Gasteiger partial charge in [0.1, 0.15) is 0 Å². The molecule has 0 atom stereocenters. The Kier molecular flexibility index (Phi) is 8.22. The lowest BCUT2D eigenvalue weighted by Gasteiger charge is -2.10.